The third kappa shape index (κ3) is 7.60. The van der Waals surface area contributed by atoms with E-state index in [1.165, 1.54) is 0 Å². The van der Waals surface area contributed by atoms with Gasteiger partial charge in [-0.3, -0.25) is 14.5 Å². The number of halogens is 3. The summed E-state index contributed by atoms with van der Waals surface area (Å²) in [6, 6.07) is -0.476. The molecule has 0 saturated carbocycles. The smallest absolute Gasteiger partial charge is 0.370 e. The molecule has 2 amide bonds. The number of unbranched alkanes of at least 4 members (excludes halogenated alkanes) is 1. The molecule has 1 aliphatic heterocycles. The monoisotopic (exact) mass is 324 g/mol. The maximum Gasteiger partial charge on any atom is 0.390 e. The van der Waals surface area contributed by atoms with Crippen LogP contribution in [-0.4, -0.2) is 61.7 Å². The highest BCUT2D eigenvalue weighted by Crippen LogP contribution is 2.18. The van der Waals surface area contributed by atoms with Gasteiger partial charge >= 0.3 is 6.18 Å². The van der Waals surface area contributed by atoms with Gasteiger partial charge in [-0.05, 0) is 19.4 Å². The number of hydrogen-bond donors (Lipinski definition) is 3. The van der Waals surface area contributed by atoms with E-state index in [4.69, 9.17) is 5.73 Å². The van der Waals surface area contributed by atoms with Gasteiger partial charge in [-0.25, -0.2) is 0 Å². The number of piperazine rings is 1. The van der Waals surface area contributed by atoms with Crippen LogP contribution in [0.5, 0.6) is 0 Å². The summed E-state index contributed by atoms with van der Waals surface area (Å²) in [5, 5.41) is 5.40. The molecule has 0 aromatic heterocycles. The number of carbonyl (C=O) groups excluding carboxylic acids is 2. The number of amides is 2. The summed E-state index contributed by atoms with van der Waals surface area (Å²) in [7, 11) is 0. The van der Waals surface area contributed by atoms with E-state index in [-0.39, 0.29) is 5.91 Å². The Morgan fingerprint density at radius 3 is 2.68 bits per heavy atom. The molecule has 1 atom stereocenters. The van der Waals surface area contributed by atoms with E-state index >= 15 is 0 Å². The first kappa shape index (κ1) is 18.7. The number of rotatable bonds is 8. The van der Waals surface area contributed by atoms with Crippen molar-refractivity contribution in [3.05, 3.63) is 0 Å². The van der Waals surface area contributed by atoms with Gasteiger partial charge in [-0.15, -0.1) is 0 Å². The van der Waals surface area contributed by atoms with Gasteiger partial charge in [0.2, 0.25) is 11.8 Å². The average Bonchev–Trinajstić information content (AvgIpc) is 2.42. The molecule has 0 spiro atoms. The molecule has 9 heteroatoms. The first-order valence-corrected chi connectivity index (χ1v) is 7.37. The van der Waals surface area contributed by atoms with Crippen molar-refractivity contribution in [2.24, 2.45) is 5.73 Å². The summed E-state index contributed by atoms with van der Waals surface area (Å²) >= 11 is 0. The Bertz CT molecular complexity index is 377. The molecule has 1 fully saturated rings. The van der Waals surface area contributed by atoms with Gasteiger partial charge in [0.1, 0.15) is 6.04 Å². The molecule has 128 valence electrons. The zero-order valence-electron chi connectivity index (χ0n) is 12.4. The Hall–Kier alpha value is -1.35. The summed E-state index contributed by atoms with van der Waals surface area (Å²) in [4.78, 5) is 24.6. The van der Waals surface area contributed by atoms with Crippen LogP contribution in [-0.2, 0) is 9.59 Å². The largest absolute Gasteiger partial charge is 0.390 e. The standard InChI is InChI=1S/C13H23F3N4O2/c14-13(15,16)4-5-19-12(22)10-9-18-6-8-20(10)7-2-1-3-11(17)21/h10,18H,1-9H2,(H2,17,21)(H,19,22). The molecular weight excluding hydrogens is 301 g/mol. The van der Waals surface area contributed by atoms with E-state index in [1.807, 2.05) is 4.90 Å². The minimum atomic E-state index is -4.27. The lowest BCUT2D eigenvalue weighted by Crippen LogP contribution is -2.58. The van der Waals surface area contributed by atoms with Crippen LogP contribution in [0.2, 0.25) is 0 Å². The Kier molecular flexibility index (Phi) is 7.60. The van der Waals surface area contributed by atoms with E-state index in [0.717, 1.165) is 13.0 Å². The second-order valence-electron chi connectivity index (χ2n) is 5.34. The van der Waals surface area contributed by atoms with Crippen LogP contribution in [0.4, 0.5) is 13.2 Å². The van der Waals surface area contributed by atoms with Crippen molar-refractivity contribution < 1.29 is 22.8 Å². The highest BCUT2D eigenvalue weighted by Gasteiger charge is 2.30. The molecule has 4 N–H and O–H groups in total. The van der Waals surface area contributed by atoms with Crippen molar-refractivity contribution in [3.63, 3.8) is 0 Å². The Morgan fingerprint density at radius 2 is 2.05 bits per heavy atom. The zero-order valence-corrected chi connectivity index (χ0v) is 12.4. The van der Waals surface area contributed by atoms with Gasteiger partial charge in [-0.1, -0.05) is 0 Å². The molecule has 0 radical (unpaired) electrons. The van der Waals surface area contributed by atoms with Crippen molar-refractivity contribution in [2.75, 3.05) is 32.7 Å². The molecule has 0 aromatic rings. The molecule has 1 saturated heterocycles. The summed E-state index contributed by atoms with van der Waals surface area (Å²) < 4.78 is 36.3. The number of nitrogens with two attached hydrogens (primary N) is 1. The first-order valence-electron chi connectivity index (χ1n) is 7.37. The van der Waals surface area contributed by atoms with Crippen LogP contribution < -0.4 is 16.4 Å². The predicted molar refractivity (Wildman–Crippen MR) is 75.0 cm³/mol. The lowest BCUT2D eigenvalue weighted by atomic mass is 10.1. The maximum absolute atomic E-state index is 12.1. The molecule has 1 heterocycles. The lowest BCUT2D eigenvalue weighted by molar-refractivity contribution is -0.137. The van der Waals surface area contributed by atoms with Crippen LogP contribution in [0.1, 0.15) is 25.7 Å². The molecule has 6 nitrogen and oxygen atoms in total. The second-order valence-corrected chi connectivity index (χ2v) is 5.34. The number of primary amides is 1. The molecule has 1 unspecified atom stereocenters. The highest BCUT2D eigenvalue weighted by atomic mass is 19.4. The van der Waals surface area contributed by atoms with Gasteiger partial charge < -0.3 is 16.4 Å². The third-order valence-corrected chi connectivity index (χ3v) is 3.48. The van der Waals surface area contributed by atoms with Crippen molar-refractivity contribution in [3.8, 4) is 0 Å². The van der Waals surface area contributed by atoms with Crippen LogP contribution in [0.3, 0.4) is 0 Å². The number of nitrogens with zero attached hydrogens (tertiary/aromatic N) is 1. The number of carbonyl (C=O) groups is 2. The van der Waals surface area contributed by atoms with Crippen molar-refractivity contribution in [2.45, 2.75) is 37.9 Å². The highest BCUT2D eigenvalue weighted by molar-refractivity contribution is 5.82. The molecule has 22 heavy (non-hydrogen) atoms. The van der Waals surface area contributed by atoms with Gasteiger partial charge in [-0.2, -0.15) is 13.2 Å². The van der Waals surface area contributed by atoms with Gasteiger partial charge in [0.15, 0.2) is 0 Å². The Balaban J connectivity index is 2.36. The van der Waals surface area contributed by atoms with Gasteiger partial charge in [0.05, 0.1) is 6.42 Å². The summed E-state index contributed by atoms with van der Waals surface area (Å²) in [6.45, 7) is 1.99. The first-order chi connectivity index (χ1) is 10.3. The Morgan fingerprint density at radius 1 is 1.32 bits per heavy atom. The van der Waals surface area contributed by atoms with Crippen LogP contribution in [0.25, 0.3) is 0 Å². The van der Waals surface area contributed by atoms with Crippen LogP contribution in [0, 0.1) is 0 Å². The fourth-order valence-corrected chi connectivity index (χ4v) is 2.33. The number of nitrogens with one attached hydrogen (secondary N) is 2. The van der Waals surface area contributed by atoms with E-state index in [1.54, 1.807) is 0 Å². The quantitative estimate of drug-likeness (QED) is 0.548. The number of alkyl halides is 3. The average molecular weight is 324 g/mol. The summed E-state index contributed by atoms with van der Waals surface area (Å²) in [5.74, 6) is -0.756. The van der Waals surface area contributed by atoms with Gasteiger partial charge in [0, 0.05) is 32.6 Å². The molecular formula is C13H23F3N4O2. The van der Waals surface area contributed by atoms with Crippen LogP contribution in [0.15, 0.2) is 0 Å². The minimum absolute atomic E-state index is 0.300. The maximum atomic E-state index is 12.1. The fourth-order valence-electron chi connectivity index (χ4n) is 2.33. The van der Waals surface area contributed by atoms with Crippen molar-refractivity contribution in [1.82, 2.24) is 15.5 Å². The lowest BCUT2D eigenvalue weighted by Gasteiger charge is -2.35. The third-order valence-electron chi connectivity index (χ3n) is 3.48. The Labute approximate surface area is 127 Å². The molecule has 1 aliphatic rings. The molecule has 0 bridgehead atoms. The second kappa shape index (κ2) is 8.94. The van der Waals surface area contributed by atoms with E-state index in [0.29, 0.717) is 32.5 Å². The minimum Gasteiger partial charge on any atom is -0.370 e. The topological polar surface area (TPSA) is 87.5 Å². The van der Waals surface area contributed by atoms with Crippen molar-refractivity contribution >= 4 is 11.8 Å². The molecule has 0 aromatic carbocycles. The van der Waals surface area contributed by atoms with Gasteiger partial charge in [0.25, 0.3) is 0 Å². The number of hydrogen-bond acceptors (Lipinski definition) is 4. The predicted octanol–water partition coefficient (Wildman–Crippen LogP) is -0.0156. The van der Waals surface area contributed by atoms with Crippen LogP contribution >= 0.6 is 0 Å². The van der Waals surface area contributed by atoms with Crippen molar-refractivity contribution in [1.29, 1.82) is 0 Å². The fraction of sp³-hybridized carbons (Fsp3) is 0.846. The van der Waals surface area contributed by atoms with E-state index in [9.17, 15) is 22.8 Å². The summed E-state index contributed by atoms with van der Waals surface area (Å²) in [6.07, 6.45) is -3.64. The zero-order chi connectivity index (χ0) is 16.6. The molecule has 1 rings (SSSR count). The normalized spacial score (nSPS) is 19.9. The van der Waals surface area contributed by atoms with E-state index in [2.05, 4.69) is 10.6 Å². The summed E-state index contributed by atoms with van der Waals surface area (Å²) in [5.41, 5.74) is 5.06. The SMILES string of the molecule is NC(=O)CCCCN1CCNCC1C(=O)NCCC(F)(F)F. The molecule has 0 aliphatic carbocycles. The van der Waals surface area contributed by atoms with E-state index < -0.39 is 31.1 Å².